The van der Waals surface area contributed by atoms with Crippen molar-refractivity contribution in [3.63, 3.8) is 0 Å². The molecule has 1 heterocycles. The van der Waals surface area contributed by atoms with Crippen LogP contribution in [0.4, 0.5) is 0 Å². The Kier molecular flexibility index (Phi) is 6.18. The monoisotopic (exact) mass is 317 g/mol. The van der Waals surface area contributed by atoms with E-state index in [1.807, 2.05) is 0 Å². The van der Waals surface area contributed by atoms with Gasteiger partial charge in [-0.25, -0.2) is 0 Å². The van der Waals surface area contributed by atoms with E-state index in [4.69, 9.17) is 0 Å². The molecular weight excluding hydrogens is 294 g/mol. The molecule has 0 radical (unpaired) electrons. The second kappa shape index (κ2) is 6.91. The molecule has 1 rings (SSSR count). The van der Waals surface area contributed by atoms with Gasteiger partial charge >= 0.3 is 0 Å². The zero-order valence-electron chi connectivity index (χ0n) is 11.3. The zero-order valence-corrected chi connectivity index (χ0v) is 13.7. The van der Waals surface area contributed by atoms with Crippen LogP contribution in [-0.4, -0.2) is 6.54 Å². The summed E-state index contributed by atoms with van der Waals surface area (Å²) in [6.07, 6.45) is 3.66. The first-order chi connectivity index (χ1) is 7.92. The lowest BCUT2D eigenvalue weighted by Gasteiger charge is -2.23. The Labute approximate surface area is 118 Å². The lowest BCUT2D eigenvalue weighted by atomic mass is 9.87. The van der Waals surface area contributed by atoms with Gasteiger partial charge in [0.05, 0.1) is 3.79 Å². The summed E-state index contributed by atoms with van der Waals surface area (Å²) in [7, 11) is 0. The Bertz CT molecular complexity index is 327. The van der Waals surface area contributed by atoms with Gasteiger partial charge in [-0.3, -0.25) is 0 Å². The summed E-state index contributed by atoms with van der Waals surface area (Å²) in [5.41, 5.74) is 1.85. The molecule has 98 valence electrons. The summed E-state index contributed by atoms with van der Waals surface area (Å²) < 4.78 is 1.23. The number of thiophene rings is 1. The van der Waals surface area contributed by atoms with E-state index in [1.165, 1.54) is 28.6 Å². The smallest absolute Gasteiger partial charge is 0.0701 e. The van der Waals surface area contributed by atoms with E-state index < -0.39 is 0 Å². The third-order valence-corrected chi connectivity index (χ3v) is 4.34. The first-order valence-corrected chi connectivity index (χ1v) is 8.07. The van der Waals surface area contributed by atoms with E-state index in [-0.39, 0.29) is 0 Å². The van der Waals surface area contributed by atoms with E-state index in [0.29, 0.717) is 11.5 Å². The molecule has 1 nitrogen and oxygen atoms in total. The second-order valence-electron chi connectivity index (χ2n) is 5.79. The minimum absolute atomic E-state index is 0.416. The van der Waals surface area contributed by atoms with Crippen molar-refractivity contribution in [1.82, 2.24) is 5.32 Å². The van der Waals surface area contributed by atoms with Crippen molar-refractivity contribution < 1.29 is 0 Å². The van der Waals surface area contributed by atoms with Crippen molar-refractivity contribution in [2.75, 3.05) is 6.54 Å². The third-order valence-electron chi connectivity index (χ3n) is 2.81. The largest absolute Gasteiger partial charge is 0.310 e. The Morgan fingerprint density at radius 1 is 1.41 bits per heavy atom. The highest BCUT2D eigenvalue weighted by Crippen LogP contribution is 2.31. The number of rotatable bonds is 6. The van der Waals surface area contributed by atoms with Gasteiger partial charge in [-0.05, 0) is 64.2 Å². The first kappa shape index (κ1) is 15.2. The molecule has 0 aliphatic rings. The Balaban J connectivity index is 2.60. The predicted molar refractivity (Wildman–Crippen MR) is 81.7 cm³/mol. The van der Waals surface area contributed by atoms with Crippen LogP contribution < -0.4 is 5.32 Å². The molecule has 0 aliphatic carbocycles. The van der Waals surface area contributed by atoms with Crippen molar-refractivity contribution in [3.8, 4) is 0 Å². The molecule has 0 aromatic carbocycles. The molecule has 0 spiro atoms. The van der Waals surface area contributed by atoms with Gasteiger partial charge in [0, 0.05) is 6.04 Å². The standard InChI is InChI=1S/C14H24BrNS/c1-5-8-16-12(6-7-14(2,3)4)11-9-13(15)17-10-11/h9-10,12,16H,5-8H2,1-4H3. The minimum Gasteiger partial charge on any atom is -0.310 e. The van der Waals surface area contributed by atoms with E-state index in [9.17, 15) is 0 Å². The fraction of sp³-hybridized carbons (Fsp3) is 0.714. The summed E-state index contributed by atoms with van der Waals surface area (Å²) in [6, 6.07) is 2.76. The van der Waals surface area contributed by atoms with Gasteiger partial charge in [-0.15, -0.1) is 11.3 Å². The van der Waals surface area contributed by atoms with E-state index >= 15 is 0 Å². The lowest BCUT2D eigenvalue weighted by Crippen LogP contribution is -2.23. The average molecular weight is 318 g/mol. The number of nitrogens with one attached hydrogen (secondary N) is 1. The van der Waals surface area contributed by atoms with Crippen LogP contribution in [0, 0.1) is 5.41 Å². The van der Waals surface area contributed by atoms with Gasteiger partial charge in [0.2, 0.25) is 0 Å². The summed E-state index contributed by atoms with van der Waals surface area (Å²) in [4.78, 5) is 0. The molecule has 0 aliphatic heterocycles. The highest BCUT2D eigenvalue weighted by molar-refractivity contribution is 9.11. The van der Waals surface area contributed by atoms with Crippen LogP contribution in [0.3, 0.4) is 0 Å². The van der Waals surface area contributed by atoms with Gasteiger partial charge < -0.3 is 5.32 Å². The molecule has 1 aromatic rings. The quantitative estimate of drug-likeness (QED) is 0.743. The highest BCUT2D eigenvalue weighted by atomic mass is 79.9. The molecule has 1 aromatic heterocycles. The molecule has 0 bridgehead atoms. The molecular formula is C14H24BrNS. The molecule has 17 heavy (non-hydrogen) atoms. The summed E-state index contributed by atoms with van der Waals surface area (Å²) in [5, 5.41) is 5.92. The molecule has 0 fully saturated rings. The molecule has 1 unspecified atom stereocenters. The SMILES string of the molecule is CCCNC(CCC(C)(C)C)c1csc(Br)c1. The van der Waals surface area contributed by atoms with Crippen molar-refractivity contribution in [2.45, 2.75) is 53.0 Å². The van der Waals surface area contributed by atoms with Gasteiger partial charge in [-0.2, -0.15) is 0 Å². The van der Waals surface area contributed by atoms with Gasteiger partial charge in [-0.1, -0.05) is 27.7 Å². The van der Waals surface area contributed by atoms with Crippen molar-refractivity contribution in [3.05, 3.63) is 20.8 Å². The molecule has 0 saturated heterocycles. The molecule has 3 heteroatoms. The van der Waals surface area contributed by atoms with Crippen molar-refractivity contribution >= 4 is 27.3 Å². The van der Waals surface area contributed by atoms with Gasteiger partial charge in [0.1, 0.15) is 0 Å². The number of halogens is 1. The Morgan fingerprint density at radius 3 is 2.59 bits per heavy atom. The van der Waals surface area contributed by atoms with E-state index in [0.717, 1.165) is 6.54 Å². The normalized spacial score (nSPS) is 13.9. The maximum Gasteiger partial charge on any atom is 0.0701 e. The maximum absolute atomic E-state index is 3.66. The minimum atomic E-state index is 0.416. The maximum atomic E-state index is 3.66. The topological polar surface area (TPSA) is 12.0 Å². The second-order valence-corrected chi connectivity index (χ2v) is 8.08. The fourth-order valence-electron chi connectivity index (χ4n) is 1.79. The number of hydrogen-bond acceptors (Lipinski definition) is 2. The van der Waals surface area contributed by atoms with E-state index in [1.54, 1.807) is 11.3 Å². The van der Waals surface area contributed by atoms with Crippen LogP contribution in [-0.2, 0) is 0 Å². The molecule has 1 N–H and O–H groups in total. The lowest BCUT2D eigenvalue weighted by molar-refractivity contribution is 0.332. The average Bonchev–Trinajstić information content (AvgIpc) is 2.63. The van der Waals surface area contributed by atoms with Crippen LogP contribution >= 0.6 is 27.3 Å². The molecule has 1 atom stereocenters. The highest BCUT2D eigenvalue weighted by Gasteiger charge is 2.17. The summed E-state index contributed by atoms with van der Waals surface area (Å²) >= 11 is 5.33. The van der Waals surface area contributed by atoms with Crippen molar-refractivity contribution in [1.29, 1.82) is 0 Å². The predicted octanol–water partition coefficient (Wildman–Crippen LogP) is 5.38. The Morgan fingerprint density at radius 2 is 2.12 bits per heavy atom. The van der Waals surface area contributed by atoms with Crippen LogP contribution in [0.5, 0.6) is 0 Å². The van der Waals surface area contributed by atoms with Gasteiger partial charge in [0.15, 0.2) is 0 Å². The van der Waals surface area contributed by atoms with Crippen LogP contribution in [0.1, 0.15) is 58.6 Å². The molecule has 0 amide bonds. The zero-order chi connectivity index (χ0) is 12.9. The number of hydrogen-bond donors (Lipinski definition) is 1. The van der Waals surface area contributed by atoms with Crippen LogP contribution in [0.25, 0.3) is 0 Å². The molecule has 0 saturated carbocycles. The fourth-order valence-corrected chi connectivity index (χ4v) is 3.02. The Hall–Kier alpha value is 0.140. The first-order valence-electron chi connectivity index (χ1n) is 6.39. The van der Waals surface area contributed by atoms with Crippen LogP contribution in [0.2, 0.25) is 0 Å². The van der Waals surface area contributed by atoms with E-state index in [2.05, 4.69) is 60.4 Å². The summed E-state index contributed by atoms with van der Waals surface area (Å²) in [5.74, 6) is 0. The van der Waals surface area contributed by atoms with Crippen molar-refractivity contribution in [2.24, 2.45) is 5.41 Å². The summed E-state index contributed by atoms with van der Waals surface area (Å²) in [6.45, 7) is 10.3. The van der Waals surface area contributed by atoms with Gasteiger partial charge in [0.25, 0.3) is 0 Å². The third kappa shape index (κ3) is 6.03. The van der Waals surface area contributed by atoms with Crippen LogP contribution in [0.15, 0.2) is 15.2 Å².